The largest absolute Gasteiger partial charge is 0.493 e. The molecule has 1 aliphatic rings. The minimum absolute atomic E-state index is 0.0110. The van der Waals surface area contributed by atoms with Crippen molar-refractivity contribution in [3.8, 4) is 5.75 Å². The smallest absolute Gasteiger partial charge is 0.251 e. The summed E-state index contributed by atoms with van der Waals surface area (Å²) in [5, 5.41) is 3.12. The normalized spacial score (nSPS) is 15.9. The van der Waals surface area contributed by atoms with Crippen LogP contribution >= 0.6 is 0 Å². The van der Waals surface area contributed by atoms with Gasteiger partial charge in [0, 0.05) is 36.5 Å². The lowest BCUT2D eigenvalue weighted by atomic mass is 10.00. The van der Waals surface area contributed by atoms with Gasteiger partial charge in [0.1, 0.15) is 5.75 Å². The topological polar surface area (TPSA) is 56.1 Å². The molecule has 25 heavy (non-hydrogen) atoms. The van der Waals surface area contributed by atoms with Crippen LogP contribution in [0.5, 0.6) is 5.75 Å². The van der Waals surface area contributed by atoms with Crippen molar-refractivity contribution >= 4 is 5.91 Å². The fourth-order valence-electron chi connectivity index (χ4n) is 3.09. The van der Waals surface area contributed by atoms with Gasteiger partial charge in [-0.05, 0) is 23.8 Å². The molecule has 0 aliphatic carbocycles. The Balaban J connectivity index is 1.45. The second kappa shape index (κ2) is 6.81. The van der Waals surface area contributed by atoms with Crippen molar-refractivity contribution in [2.24, 2.45) is 0 Å². The van der Waals surface area contributed by atoms with Gasteiger partial charge in [0.15, 0.2) is 0 Å². The van der Waals surface area contributed by atoms with Gasteiger partial charge in [-0.15, -0.1) is 0 Å². The third-order valence-electron chi connectivity index (χ3n) is 4.40. The summed E-state index contributed by atoms with van der Waals surface area (Å²) in [4.78, 5) is 16.6. The average molecular weight is 333 g/mol. The lowest BCUT2D eigenvalue weighted by Crippen LogP contribution is -2.32. The van der Waals surface area contributed by atoms with Crippen LogP contribution in [0.15, 0.2) is 67.3 Å². The highest BCUT2D eigenvalue weighted by molar-refractivity contribution is 5.94. The Morgan fingerprint density at radius 1 is 1.20 bits per heavy atom. The summed E-state index contributed by atoms with van der Waals surface area (Å²) in [6, 6.07) is 15.5. The molecule has 0 radical (unpaired) electrons. The van der Waals surface area contributed by atoms with Crippen LogP contribution in [0.25, 0.3) is 0 Å². The summed E-state index contributed by atoms with van der Waals surface area (Å²) in [5.41, 5.74) is 2.84. The van der Waals surface area contributed by atoms with Crippen LogP contribution in [0.1, 0.15) is 33.9 Å². The molecular weight excluding hydrogens is 314 g/mol. The van der Waals surface area contributed by atoms with Crippen molar-refractivity contribution < 1.29 is 9.53 Å². The average Bonchev–Trinajstić information content (AvgIpc) is 3.16. The number of hydrogen-bond donors (Lipinski definition) is 1. The third-order valence-corrected chi connectivity index (χ3v) is 4.40. The number of fused-ring (bicyclic) bond motifs is 1. The molecule has 5 nitrogen and oxygen atoms in total. The minimum atomic E-state index is -0.0594. The van der Waals surface area contributed by atoms with E-state index in [4.69, 9.17) is 4.74 Å². The number of carbonyl (C=O) groups excluding carboxylic acids is 1. The molecular formula is C20H19N3O2. The highest BCUT2D eigenvalue weighted by Crippen LogP contribution is 2.31. The monoisotopic (exact) mass is 333 g/mol. The van der Waals surface area contributed by atoms with Gasteiger partial charge in [-0.25, -0.2) is 4.98 Å². The first-order chi connectivity index (χ1) is 12.3. The number of ether oxygens (including phenoxy) is 1. The van der Waals surface area contributed by atoms with Crippen LogP contribution in [0.4, 0.5) is 0 Å². The van der Waals surface area contributed by atoms with E-state index in [1.54, 1.807) is 12.5 Å². The van der Waals surface area contributed by atoms with Gasteiger partial charge in [0.05, 0.1) is 19.0 Å². The van der Waals surface area contributed by atoms with E-state index < -0.39 is 0 Å². The Morgan fingerprint density at radius 2 is 2.04 bits per heavy atom. The third kappa shape index (κ3) is 3.40. The number of aromatic nitrogens is 2. The van der Waals surface area contributed by atoms with Gasteiger partial charge in [-0.1, -0.05) is 30.3 Å². The van der Waals surface area contributed by atoms with Crippen LogP contribution in [0.2, 0.25) is 0 Å². The second-order valence-electron chi connectivity index (χ2n) is 6.13. The van der Waals surface area contributed by atoms with Crippen molar-refractivity contribution in [2.75, 3.05) is 6.61 Å². The van der Waals surface area contributed by atoms with Crippen LogP contribution in [-0.2, 0) is 6.54 Å². The van der Waals surface area contributed by atoms with E-state index in [-0.39, 0.29) is 11.9 Å². The summed E-state index contributed by atoms with van der Waals surface area (Å²) in [6.45, 7) is 1.36. The summed E-state index contributed by atoms with van der Waals surface area (Å²) >= 11 is 0. The highest BCUT2D eigenvalue weighted by atomic mass is 16.5. The Bertz CT molecular complexity index is 857. The maximum atomic E-state index is 12.6. The maximum Gasteiger partial charge on any atom is 0.251 e. The minimum Gasteiger partial charge on any atom is -0.493 e. The number of amides is 1. The lowest BCUT2D eigenvalue weighted by molar-refractivity contribution is 0.0925. The molecule has 1 atom stereocenters. The maximum absolute atomic E-state index is 12.6. The van der Waals surface area contributed by atoms with E-state index in [0.717, 1.165) is 29.8 Å². The van der Waals surface area contributed by atoms with E-state index in [2.05, 4.69) is 10.3 Å². The van der Waals surface area contributed by atoms with Gasteiger partial charge in [0.25, 0.3) is 5.91 Å². The van der Waals surface area contributed by atoms with Crippen molar-refractivity contribution in [2.45, 2.75) is 19.0 Å². The molecule has 0 fully saturated rings. The molecule has 0 saturated heterocycles. The van der Waals surface area contributed by atoms with E-state index in [1.165, 1.54) is 0 Å². The predicted molar refractivity (Wildman–Crippen MR) is 94.5 cm³/mol. The van der Waals surface area contributed by atoms with Gasteiger partial charge in [0.2, 0.25) is 0 Å². The lowest BCUT2D eigenvalue weighted by Gasteiger charge is -2.26. The number of hydrogen-bond acceptors (Lipinski definition) is 3. The zero-order chi connectivity index (χ0) is 17.1. The molecule has 1 N–H and O–H groups in total. The fraction of sp³-hybridized carbons (Fsp3) is 0.200. The van der Waals surface area contributed by atoms with Crippen molar-refractivity contribution in [1.29, 1.82) is 0 Å². The summed E-state index contributed by atoms with van der Waals surface area (Å²) < 4.78 is 7.64. The van der Waals surface area contributed by atoms with Gasteiger partial charge in [-0.3, -0.25) is 4.79 Å². The van der Waals surface area contributed by atoms with Gasteiger partial charge in [-0.2, -0.15) is 0 Å². The first-order valence-corrected chi connectivity index (χ1v) is 8.37. The number of para-hydroxylation sites is 1. The molecule has 4 rings (SSSR count). The molecule has 0 bridgehead atoms. The van der Waals surface area contributed by atoms with Crippen LogP contribution < -0.4 is 10.1 Å². The van der Waals surface area contributed by atoms with Crippen molar-refractivity contribution in [3.63, 3.8) is 0 Å². The number of nitrogens with zero attached hydrogens (tertiary/aromatic N) is 2. The quantitative estimate of drug-likeness (QED) is 0.798. The number of imidazole rings is 1. The van der Waals surface area contributed by atoms with Gasteiger partial charge >= 0.3 is 0 Å². The summed E-state index contributed by atoms with van der Waals surface area (Å²) in [5.74, 6) is 0.797. The van der Waals surface area contributed by atoms with Crippen molar-refractivity contribution in [1.82, 2.24) is 14.9 Å². The SMILES string of the molecule is O=C(N[C@H]1CCOc2ccccc21)c1ccc(Cn2ccnc2)cc1. The molecule has 0 unspecified atom stereocenters. The molecule has 2 heterocycles. The Labute approximate surface area is 146 Å². The van der Waals surface area contributed by atoms with Crippen molar-refractivity contribution in [3.05, 3.63) is 83.9 Å². The molecule has 1 amide bonds. The first-order valence-electron chi connectivity index (χ1n) is 8.37. The molecule has 2 aromatic carbocycles. The number of rotatable bonds is 4. The number of carbonyl (C=O) groups is 1. The molecule has 1 aromatic heterocycles. The van der Waals surface area contributed by atoms with Crippen LogP contribution in [0, 0.1) is 0 Å². The van der Waals surface area contributed by atoms with E-state index in [1.807, 2.05) is 59.3 Å². The van der Waals surface area contributed by atoms with E-state index in [0.29, 0.717) is 12.2 Å². The molecule has 126 valence electrons. The molecule has 0 spiro atoms. The molecule has 0 saturated carbocycles. The first kappa shape index (κ1) is 15.4. The van der Waals surface area contributed by atoms with E-state index >= 15 is 0 Å². The standard InChI is InChI=1S/C20H19N3O2/c24-20(22-18-9-12-25-19-4-2-1-3-17(18)19)16-7-5-15(6-8-16)13-23-11-10-21-14-23/h1-8,10-11,14,18H,9,12-13H2,(H,22,24)/t18-/m0/s1. The number of nitrogens with one attached hydrogen (secondary N) is 1. The fourth-order valence-corrected chi connectivity index (χ4v) is 3.09. The summed E-state index contributed by atoms with van der Waals surface area (Å²) in [7, 11) is 0. The van der Waals surface area contributed by atoms with Crippen LogP contribution in [0.3, 0.4) is 0 Å². The predicted octanol–water partition coefficient (Wildman–Crippen LogP) is 3.19. The van der Waals surface area contributed by atoms with E-state index in [9.17, 15) is 4.79 Å². The van der Waals surface area contributed by atoms with Gasteiger partial charge < -0.3 is 14.6 Å². The Hall–Kier alpha value is -3.08. The second-order valence-corrected chi connectivity index (χ2v) is 6.13. The molecule has 3 aromatic rings. The highest BCUT2D eigenvalue weighted by Gasteiger charge is 2.22. The Morgan fingerprint density at radius 3 is 2.84 bits per heavy atom. The van der Waals surface area contributed by atoms with Crippen LogP contribution in [-0.4, -0.2) is 22.1 Å². The zero-order valence-corrected chi connectivity index (χ0v) is 13.8. The molecule has 1 aliphatic heterocycles. The number of benzene rings is 2. The Kier molecular flexibility index (Phi) is 4.21. The molecule has 5 heteroatoms. The zero-order valence-electron chi connectivity index (χ0n) is 13.8. The summed E-state index contributed by atoms with van der Waals surface area (Å²) in [6.07, 6.45) is 6.24.